The molecule has 0 fully saturated rings. The molecular weight excluding hydrogens is 386 g/mol. The van der Waals surface area contributed by atoms with Crippen molar-refractivity contribution in [3.8, 4) is 6.07 Å². The van der Waals surface area contributed by atoms with Crippen LogP contribution >= 0.6 is 0 Å². The summed E-state index contributed by atoms with van der Waals surface area (Å²) in [4.78, 5) is 12.7. The molecule has 0 aliphatic heterocycles. The van der Waals surface area contributed by atoms with Crippen molar-refractivity contribution < 1.29 is 13.2 Å². The molecule has 0 saturated heterocycles. The van der Waals surface area contributed by atoms with Gasteiger partial charge in [0.15, 0.2) is 0 Å². The van der Waals surface area contributed by atoms with Crippen molar-refractivity contribution >= 4 is 26.7 Å². The van der Waals surface area contributed by atoms with Crippen LogP contribution in [0.1, 0.15) is 35.3 Å². The molecule has 148 valence electrons. The van der Waals surface area contributed by atoms with Crippen LogP contribution in [0.2, 0.25) is 0 Å². The summed E-state index contributed by atoms with van der Waals surface area (Å²) in [5.74, 6) is -0.285. The molecule has 0 aliphatic carbocycles. The first-order valence-corrected chi connectivity index (χ1v) is 10.7. The first kappa shape index (κ1) is 20.5. The van der Waals surface area contributed by atoms with Crippen LogP contribution in [-0.4, -0.2) is 20.9 Å². The van der Waals surface area contributed by atoms with Gasteiger partial charge in [-0.05, 0) is 47.5 Å². The summed E-state index contributed by atoms with van der Waals surface area (Å²) in [6, 6.07) is 21.3. The second kappa shape index (κ2) is 8.86. The summed E-state index contributed by atoms with van der Waals surface area (Å²) >= 11 is 0. The van der Waals surface area contributed by atoms with Crippen LogP contribution < -0.4 is 10.0 Å². The molecule has 1 unspecified atom stereocenters. The van der Waals surface area contributed by atoms with E-state index in [0.717, 1.165) is 16.3 Å². The lowest BCUT2D eigenvalue weighted by Gasteiger charge is -2.17. The van der Waals surface area contributed by atoms with Gasteiger partial charge in [-0.1, -0.05) is 42.5 Å². The Bertz CT molecular complexity index is 1160. The SMILES string of the molecule is CC(NC(=O)c1ccc(S(=O)(=O)NCCC#N)cc1)c1cccc2ccccc12. The Labute approximate surface area is 170 Å². The molecular formula is C22H21N3O3S. The smallest absolute Gasteiger partial charge is 0.251 e. The minimum atomic E-state index is -3.70. The van der Waals surface area contributed by atoms with E-state index in [0.29, 0.717) is 5.56 Å². The predicted octanol–water partition coefficient (Wildman–Crippen LogP) is 3.52. The number of nitriles is 1. The molecule has 0 bridgehead atoms. The zero-order valence-electron chi connectivity index (χ0n) is 15.9. The van der Waals surface area contributed by atoms with E-state index in [2.05, 4.69) is 10.0 Å². The Morgan fingerprint density at radius 2 is 1.72 bits per heavy atom. The molecule has 0 heterocycles. The van der Waals surface area contributed by atoms with Crippen LogP contribution in [0.15, 0.2) is 71.6 Å². The maximum absolute atomic E-state index is 12.6. The highest BCUT2D eigenvalue weighted by molar-refractivity contribution is 7.89. The lowest BCUT2D eigenvalue weighted by atomic mass is 9.99. The van der Waals surface area contributed by atoms with E-state index in [1.54, 1.807) is 0 Å². The standard InChI is InChI=1S/C22H21N3O3S/c1-16(20-9-4-7-17-6-2-3-8-21(17)20)25-22(26)18-10-12-19(13-11-18)29(27,28)24-15-5-14-23/h2-4,6-13,16,24H,5,15H2,1H3,(H,25,26). The lowest BCUT2D eigenvalue weighted by molar-refractivity contribution is 0.0940. The fourth-order valence-electron chi connectivity index (χ4n) is 3.10. The Morgan fingerprint density at radius 3 is 2.45 bits per heavy atom. The number of hydrogen-bond acceptors (Lipinski definition) is 4. The van der Waals surface area contributed by atoms with Crippen LogP contribution in [0.5, 0.6) is 0 Å². The summed E-state index contributed by atoms with van der Waals surface area (Å²) in [5, 5.41) is 13.7. The molecule has 6 nitrogen and oxygen atoms in total. The largest absolute Gasteiger partial charge is 0.345 e. The van der Waals surface area contributed by atoms with Crippen LogP contribution in [-0.2, 0) is 10.0 Å². The molecule has 1 atom stereocenters. The number of nitrogens with zero attached hydrogens (tertiary/aromatic N) is 1. The maximum atomic E-state index is 12.6. The second-order valence-electron chi connectivity index (χ2n) is 6.59. The molecule has 1 amide bonds. The fourth-order valence-corrected chi connectivity index (χ4v) is 4.13. The Morgan fingerprint density at radius 1 is 1.03 bits per heavy atom. The van der Waals surface area contributed by atoms with Gasteiger partial charge in [0.05, 0.1) is 17.0 Å². The molecule has 3 rings (SSSR count). The fraction of sp³-hybridized carbons (Fsp3) is 0.182. The van der Waals surface area contributed by atoms with Gasteiger partial charge >= 0.3 is 0 Å². The topological polar surface area (TPSA) is 99.1 Å². The maximum Gasteiger partial charge on any atom is 0.251 e. The van der Waals surface area contributed by atoms with Crippen LogP contribution in [0.3, 0.4) is 0 Å². The summed E-state index contributed by atoms with van der Waals surface area (Å²) in [5.41, 5.74) is 1.38. The number of sulfonamides is 1. The van der Waals surface area contributed by atoms with E-state index < -0.39 is 10.0 Å². The van der Waals surface area contributed by atoms with Gasteiger partial charge in [-0.15, -0.1) is 0 Å². The van der Waals surface area contributed by atoms with E-state index in [4.69, 9.17) is 5.26 Å². The average molecular weight is 407 g/mol. The van der Waals surface area contributed by atoms with Gasteiger partial charge in [-0.25, -0.2) is 13.1 Å². The number of carbonyl (C=O) groups excluding carboxylic acids is 1. The quantitative estimate of drug-likeness (QED) is 0.585. The van der Waals surface area contributed by atoms with Crippen molar-refractivity contribution in [3.63, 3.8) is 0 Å². The highest BCUT2D eigenvalue weighted by Gasteiger charge is 2.16. The monoisotopic (exact) mass is 407 g/mol. The molecule has 0 spiro atoms. The van der Waals surface area contributed by atoms with E-state index in [9.17, 15) is 13.2 Å². The summed E-state index contributed by atoms with van der Waals surface area (Å²) in [7, 11) is -3.70. The lowest BCUT2D eigenvalue weighted by Crippen LogP contribution is -2.27. The Balaban J connectivity index is 1.73. The summed E-state index contributed by atoms with van der Waals surface area (Å²) in [6.07, 6.45) is 0.0891. The van der Waals surface area contributed by atoms with Crippen LogP contribution in [0.4, 0.5) is 0 Å². The van der Waals surface area contributed by atoms with Crippen LogP contribution in [0, 0.1) is 11.3 Å². The van der Waals surface area contributed by atoms with Gasteiger partial charge in [-0.3, -0.25) is 4.79 Å². The Kier molecular flexibility index (Phi) is 6.27. The Hall–Kier alpha value is -3.21. The molecule has 0 aromatic heterocycles. The zero-order valence-corrected chi connectivity index (χ0v) is 16.7. The molecule has 3 aromatic carbocycles. The second-order valence-corrected chi connectivity index (χ2v) is 8.36. The highest BCUT2D eigenvalue weighted by Crippen LogP contribution is 2.24. The van der Waals surface area contributed by atoms with Gasteiger partial charge in [0.25, 0.3) is 5.91 Å². The summed E-state index contributed by atoms with van der Waals surface area (Å²) in [6.45, 7) is 1.96. The normalized spacial score (nSPS) is 12.3. The number of benzene rings is 3. The van der Waals surface area contributed by atoms with E-state index in [1.807, 2.05) is 55.5 Å². The van der Waals surface area contributed by atoms with Crippen LogP contribution in [0.25, 0.3) is 10.8 Å². The van der Waals surface area contributed by atoms with E-state index >= 15 is 0 Å². The average Bonchev–Trinajstić information content (AvgIpc) is 2.73. The third-order valence-electron chi connectivity index (χ3n) is 4.59. The van der Waals surface area contributed by atoms with E-state index in [-0.39, 0.29) is 29.8 Å². The van der Waals surface area contributed by atoms with Crippen molar-refractivity contribution in [1.82, 2.24) is 10.0 Å². The number of rotatable bonds is 7. The summed E-state index contributed by atoms with van der Waals surface area (Å²) < 4.78 is 26.7. The van der Waals surface area contributed by atoms with Crippen molar-refractivity contribution in [2.45, 2.75) is 24.3 Å². The van der Waals surface area contributed by atoms with Crippen molar-refractivity contribution in [1.29, 1.82) is 5.26 Å². The molecule has 29 heavy (non-hydrogen) atoms. The highest BCUT2D eigenvalue weighted by atomic mass is 32.2. The van der Waals surface area contributed by atoms with E-state index in [1.165, 1.54) is 24.3 Å². The van der Waals surface area contributed by atoms with Gasteiger partial charge in [0, 0.05) is 18.5 Å². The van der Waals surface area contributed by atoms with Crippen molar-refractivity contribution in [2.24, 2.45) is 0 Å². The third-order valence-corrected chi connectivity index (χ3v) is 6.07. The van der Waals surface area contributed by atoms with Crippen molar-refractivity contribution in [3.05, 3.63) is 77.9 Å². The van der Waals surface area contributed by atoms with Gasteiger partial charge < -0.3 is 5.32 Å². The molecule has 2 N–H and O–H groups in total. The zero-order chi connectivity index (χ0) is 20.9. The molecule has 0 saturated carbocycles. The first-order chi connectivity index (χ1) is 13.9. The predicted molar refractivity (Wildman–Crippen MR) is 112 cm³/mol. The number of hydrogen-bond donors (Lipinski definition) is 2. The first-order valence-electron chi connectivity index (χ1n) is 9.17. The van der Waals surface area contributed by atoms with Crippen molar-refractivity contribution in [2.75, 3.05) is 6.54 Å². The number of nitrogens with one attached hydrogen (secondary N) is 2. The van der Waals surface area contributed by atoms with Gasteiger partial charge in [0.1, 0.15) is 0 Å². The molecule has 0 aliphatic rings. The molecule has 7 heteroatoms. The minimum absolute atomic E-state index is 0.0453. The third kappa shape index (κ3) is 4.80. The number of amides is 1. The molecule has 3 aromatic rings. The van der Waals surface area contributed by atoms with Gasteiger partial charge in [-0.2, -0.15) is 5.26 Å². The minimum Gasteiger partial charge on any atom is -0.345 e. The molecule has 0 radical (unpaired) electrons. The number of carbonyl (C=O) groups is 1. The van der Waals surface area contributed by atoms with Gasteiger partial charge in [0.2, 0.25) is 10.0 Å². The number of fused-ring (bicyclic) bond motifs is 1.